The Labute approximate surface area is 126 Å². The summed E-state index contributed by atoms with van der Waals surface area (Å²) in [6, 6.07) is 8.59. The lowest BCUT2D eigenvalue weighted by molar-refractivity contribution is -0.146. The molecule has 1 N–H and O–H groups in total. The normalized spacial score (nSPS) is 25.5. The van der Waals surface area contributed by atoms with Crippen molar-refractivity contribution >= 4 is 5.91 Å². The highest BCUT2D eigenvalue weighted by Crippen LogP contribution is 2.29. The highest BCUT2D eigenvalue weighted by molar-refractivity contribution is 5.83. The van der Waals surface area contributed by atoms with Gasteiger partial charge in [-0.3, -0.25) is 4.79 Å². The molecule has 0 radical (unpaired) electrons. The van der Waals surface area contributed by atoms with E-state index >= 15 is 0 Å². The number of nitrogens with one attached hydrogen (secondary N) is 1. The Bertz CT molecular complexity index is 501. The van der Waals surface area contributed by atoms with Gasteiger partial charge in [0.05, 0.1) is 6.61 Å². The summed E-state index contributed by atoms with van der Waals surface area (Å²) in [4.78, 5) is 14.8. The van der Waals surface area contributed by atoms with Crippen molar-refractivity contribution in [2.24, 2.45) is 0 Å². The van der Waals surface area contributed by atoms with Gasteiger partial charge in [0.1, 0.15) is 0 Å². The van der Waals surface area contributed by atoms with Gasteiger partial charge in [0, 0.05) is 19.1 Å². The Morgan fingerprint density at radius 3 is 3.14 bits per heavy atom. The van der Waals surface area contributed by atoms with Gasteiger partial charge in [-0.1, -0.05) is 31.2 Å². The van der Waals surface area contributed by atoms with Crippen LogP contribution in [0.15, 0.2) is 24.3 Å². The van der Waals surface area contributed by atoms with E-state index in [1.807, 2.05) is 23.1 Å². The number of amides is 1. The summed E-state index contributed by atoms with van der Waals surface area (Å²) in [6.45, 7) is 5.35. The number of carbonyl (C=O) groups excluding carboxylic acids is 1. The lowest BCUT2D eigenvalue weighted by Crippen LogP contribution is -2.49. The average molecular weight is 288 g/mol. The standard InChI is InChI=1S/C17H24N2O2/c1-2-18-14-7-5-10-19(12-14)17(20)16-15-8-4-3-6-13(15)9-11-21-16/h3-4,6,8,14,16,18H,2,5,7,9-12H2,1H3. The van der Waals surface area contributed by atoms with E-state index in [2.05, 4.69) is 18.3 Å². The van der Waals surface area contributed by atoms with Crippen LogP contribution in [0.2, 0.25) is 0 Å². The molecule has 21 heavy (non-hydrogen) atoms. The van der Waals surface area contributed by atoms with Crippen LogP contribution >= 0.6 is 0 Å². The van der Waals surface area contributed by atoms with Crippen molar-refractivity contribution < 1.29 is 9.53 Å². The predicted molar refractivity (Wildman–Crippen MR) is 82.1 cm³/mol. The Kier molecular flexibility index (Phi) is 4.56. The summed E-state index contributed by atoms with van der Waals surface area (Å²) in [7, 11) is 0. The van der Waals surface area contributed by atoms with Gasteiger partial charge in [-0.05, 0) is 36.9 Å². The van der Waals surface area contributed by atoms with Crippen molar-refractivity contribution in [3.63, 3.8) is 0 Å². The van der Waals surface area contributed by atoms with Crippen LogP contribution in [-0.2, 0) is 16.0 Å². The smallest absolute Gasteiger partial charge is 0.256 e. The molecule has 2 unspecified atom stereocenters. The van der Waals surface area contributed by atoms with Crippen molar-refractivity contribution in [3.8, 4) is 0 Å². The number of piperidine rings is 1. The molecule has 4 nitrogen and oxygen atoms in total. The number of nitrogens with zero attached hydrogens (tertiary/aromatic N) is 1. The van der Waals surface area contributed by atoms with E-state index in [-0.39, 0.29) is 5.91 Å². The fraction of sp³-hybridized carbons (Fsp3) is 0.588. The zero-order chi connectivity index (χ0) is 14.7. The maximum absolute atomic E-state index is 12.8. The molecule has 0 bridgehead atoms. The molecule has 2 aliphatic heterocycles. The molecule has 1 fully saturated rings. The predicted octanol–water partition coefficient (Wildman–Crippen LogP) is 1.90. The molecule has 4 heteroatoms. The summed E-state index contributed by atoms with van der Waals surface area (Å²) >= 11 is 0. The van der Waals surface area contributed by atoms with Gasteiger partial charge >= 0.3 is 0 Å². The third-order valence-electron chi connectivity index (χ3n) is 4.44. The van der Waals surface area contributed by atoms with Crippen LogP contribution in [0.25, 0.3) is 0 Å². The first kappa shape index (κ1) is 14.5. The number of likely N-dealkylation sites (N-methyl/N-ethyl adjacent to an activating group) is 1. The Morgan fingerprint density at radius 2 is 2.29 bits per heavy atom. The minimum atomic E-state index is -0.407. The third-order valence-corrected chi connectivity index (χ3v) is 4.44. The number of hydrogen-bond acceptors (Lipinski definition) is 3. The van der Waals surface area contributed by atoms with Crippen molar-refractivity contribution in [2.75, 3.05) is 26.2 Å². The average Bonchev–Trinajstić information content (AvgIpc) is 2.54. The van der Waals surface area contributed by atoms with Crippen LogP contribution in [0.1, 0.15) is 37.0 Å². The number of fused-ring (bicyclic) bond motifs is 1. The Balaban J connectivity index is 1.74. The number of carbonyl (C=O) groups is 1. The summed E-state index contributed by atoms with van der Waals surface area (Å²) in [6.07, 6.45) is 2.72. The minimum Gasteiger partial charge on any atom is -0.363 e. The van der Waals surface area contributed by atoms with Crippen molar-refractivity contribution in [1.29, 1.82) is 0 Å². The van der Waals surface area contributed by atoms with E-state index in [1.54, 1.807) is 0 Å². The number of hydrogen-bond donors (Lipinski definition) is 1. The first-order valence-electron chi connectivity index (χ1n) is 8.01. The lowest BCUT2D eigenvalue weighted by atomic mass is 9.96. The zero-order valence-electron chi connectivity index (χ0n) is 12.7. The number of ether oxygens (including phenoxy) is 1. The van der Waals surface area contributed by atoms with Gasteiger partial charge in [0.25, 0.3) is 5.91 Å². The monoisotopic (exact) mass is 288 g/mol. The highest BCUT2D eigenvalue weighted by atomic mass is 16.5. The van der Waals surface area contributed by atoms with Crippen LogP contribution in [0.4, 0.5) is 0 Å². The van der Waals surface area contributed by atoms with E-state index in [9.17, 15) is 4.79 Å². The van der Waals surface area contributed by atoms with Gasteiger partial charge in [-0.2, -0.15) is 0 Å². The zero-order valence-corrected chi connectivity index (χ0v) is 12.7. The quantitative estimate of drug-likeness (QED) is 0.923. The second-order valence-corrected chi connectivity index (χ2v) is 5.88. The van der Waals surface area contributed by atoms with Gasteiger partial charge in [0.2, 0.25) is 0 Å². The van der Waals surface area contributed by atoms with E-state index in [1.165, 1.54) is 5.56 Å². The molecule has 3 rings (SSSR count). The van der Waals surface area contributed by atoms with Crippen LogP contribution in [-0.4, -0.2) is 43.1 Å². The molecule has 1 aromatic rings. The maximum Gasteiger partial charge on any atom is 0.256 e. The van der Waals surface area contributed by atoms with Gasteiger partial charge in [-0.25, -0.2) is 0 Å². The molecule has 2 aliphatic rings. The first-order valence-corrected chi connectivity index (χ1v) is 8.01. The molecule has 1 amide bonds. The fourth-order valence-electron chi connectivity index (χ4n) is 3.40. The molecular formula is C17H24N2O2. The van der Waals surface area contributed by atoms with Gasteiger partial charge in [-0.15, -0.1) is 0 Å². The molecule has 114 valence electrons. The minimum absolute atomic E-state index is 0.129. The number of likely N-dealkylation sites (tertiary alicyclic amines) is 1. The summed E-state index contributed by atoms with van der Waals surface area (Å²) < 4.78 is 5.80. The lowest BCUT2D eigenvalue weighted by Gasteiger charge is -2.36. The van der Waals surface area contributed by atoms with E-state index in [4.69, 9.17) is 4.74 Å². The van der Waals surface area contributed by atoms with Crippen LogP contribution in [0.5, 0.6) is 0 Å². The summed E-state index contributed by atoms with van der Waals surface area (Å²) in [5.74, 6) is 0.129. The second-order valence-electron chi connectivity index (χ2n) is 5.88. The van der Waals surface area contributed by atoms with Crippen LogP contribution in [0.3, 0.4) is 0 Å². The molecular weight excluding hydrogens is 264 g/mol. The third kappa shape index (κ3) is 3.11. The molecule has 0 saturated carbocycles. The molecule has 0 aromatic heterocycles. The molecule has 0 spiro atoms. The van der Waals surface area contributed by atoms with Crippen molar-refractivity contribution in [2.45, 2.75) is 38.3 Å². The fourth-order valence-corrected chi connectivity index (χ4v) is 3.40. The van der Waals surface area contributed by atoms with Crippen LogP contribution in [0, 0.1) is 0 Å². The van der Waals surface area contributed by atoms with E-state index in [0.717, 1.165) is 44.5 Å². The molecule has 1 saturated heterocycles. The second kappa shape index (κ2) is 6.58. The van der Waals surface area contributed by atoms with Crippen molar-refractivity contribution in [1.82, 2.24) is 10.2 Å². The molecule has 0 aliphatic carbocycles. The van der Waals surface area contributed by atoms with Crippen LogP contribution < -0.4 is 5.32 Å². The van der Waals surface area contributed by atoms with E-state index in [0.29, 0.717) is 12.6 Å². The van der Waals surface area contributed by atoms with Gasteiger partial charge in [0.15, 0.2) is 6.10 Å². The molecule has 2 heterocycles. The Morgan fingerprint density at radius 1 is 1.43 bits per heavy atom. The topological polar surface area (TPSA) is 41.6 Å². The SMILES string of the molecule is CCNC1CCCN(C(=O)C2OCCc3ccccc32)C1. The Hall–Kier alpha value is -1.39. The van der Waals surface area contributed by atoms with Gasteiger partial charge < -0.3 is 15.0 Å². The van der Waals surface area contributed by atoms with E-state index < -0.39 is 6.10 Å². The highest BCUT2D eigenvalue weighted by Gasteiger charge is 2.33. The number of benzene rings is 1. The molecule has 1 aromatic carbocycles. The number of rotatable bonds is 3. The molecule has 2 atom stereocenters. The largest absolute Gasteiger partial charge is 0.363 e. The summed E-state index contributed by atoms with van der Waals surface area (Å²) in [5, 5.41) is 3.46. The maximum atomic E-state index is 12.8. The summed E-state index contributed by atoms with van der Waals surface area (Å²) in [5.41, 5.74) is 2.31. The van der Waals surface area contributed by atoms with Crippen molar-refractivity contribution in [3.05, 3.63) is 35.4 Å². The first-order chi connectivity index (χ1) is 10.3.